The van der Waals surface area contributed by atoms with E-state index >= 15 is 0 Å². The summed E-state index contributed by atoms with van der Waals surface area (Å²) in [6.45, 7) is 10.7. The molecule has 3 rings (SSSR count). The van der Waals surface area contributed by atoms with E-state index in [-0.39, 0.29) is 17.4 Å². The van der Waals surface area contributed by atoms with Crippen LogP contribution in [0.1, 0.15) is 73.2 Å². The van der Waals surface area contributed by atoms with Crippen LogP contribution in [-0.2, 0) is 19.9 Å². The molecule has 2 heterocycles. The molecular weight excluding hydrogens is 316 g/mol. The third-order valence-electron chi connectivity index (χ3n) is 5.35. The average molecular weight is 344 g/mol. The van der Waals surface area contributed by atoms with Crippen molar-refractivity contribution < 1.29 is 9.32 Å². The lowest BCUT2D eigenvalue weighted by molar-refractivity contribution is 0.0929. The molecule has 0 spiro atoms. The van der Waals surface area contributed by atoms with Crippen molar-refractivity contribution in [3.63, 3.8) is 0 Å². The van der Waals surface area contributed by atoms with Gasteiger partial charge in [-0.25, -0.2) is 0 Å². The maximum Gasteiger partial charge on any atom is 0.274 e. The van der Waals surface area contributed by atoms with E-state index in [0.717, 1.165) is 41.8 Å². The molecule has 0 aliphatic heterocycles. The number of nitrogens with one attached hydrogen (secondary N) is 1. The summed E-state index contributed by atoms with van der Waals surface area (Å²) < 4.78 is 7.22. The first-order valence-electron chi connectivity index (χ1n) is 8.95. The molecule has 136 valence electrons. The molecule has 0 aromatic carbocycles. The molecule has 1 amide bonds. The average Bonchev–Trinajstić information content (AvgIpc) is 3.08. The lowest BCUT2D eigenvalue weighted by Crippen LogP contribution is -2.30. The van der Waals surface area contributed by atoms with Gasteiger partial charge in [0, 0.05) is 30.8 Å². The number of aromatic nitrogens is 3. The molecule has 0 radical (unpaired) electrons. The van der Waals surface area contributed by atoms with Crippen molar-refractivity contribution in [1.29, 1.82) is 0 Å². The van der Waals surface area contributed by atoms with Crippen LogP contribution in [0.5, 0.6) is 0 Å². The van der Waals surface area contributed by atoms with Gasteiger partial charge in [-0.1, -0.05) is 25.9 Å². The zero-order valence-corrected chi connectivity index (χ0v) is 16.0. The summed E-state index contributed by atoms with van der Waals surface area (Å²) >= 11 is 0. The number of carbonyl (C=O) groups is 1. The molecule has 6 nitrogen and oxygen atoms in total. The predicted octanol–water partition coefficient (Wildman–Crippen LogP) is 3.36. The molecule has 2 aromatic heterocycles. The largest absolute Gasteiger partial charge is 0.360 e. The number of amides is 1. The number of aryl methyl sites for hydroxylation is 3. The molecule has 2 atom stereocenters. The van der Waals surface area contributed by atoms with E-state index in [1.165, 1.54) is 0 Å². The lowest BCUT2D eigenvalue weighted by Gasteiger charge is -2.33. The number of nitrogens with zero attached hydrogens (tertiary/aromatic N) is 3. The second-order valence-electron chi connectivity index (χ2n) is 8.28. The normalized spacial score (nSPS) is 18.7. The quantitative estimate of drug-likeness (QED) is 0.926. The van der Waals surface area contributed by atoms with E-state index in [9.17, 15) is 4.79 Å². The fourth-order valence-corrected chi connectivity index (χ4v) is 3.71. The van der Waals surface area contributed by atoms with Gasteiger partial charge in [-0.2, -0.15) is 5.10 Å². The summed E-state index contributed by atoms with van der Waals surface area (Å²) in [6.07, 6.45) is 4.73. The molecule has 6 heteroatoms. The summed E-state index contributed by atoms with van der Waals surface area (Å²) in [5.41, 5.74) is 3.57. The Labute approximate surface area is 149 Å². The van der Waals surface area contributed by atoms with Crippen molar-refractivity contribution in [3.05, 3.63) is 34.5 Å². The van der Waals surface area contributed by atoms with Gasteiger partial charge in [0.05, 0.1) is 11.7 Å². The second kappa shape index (κ2) is 6.32. The molecule has 0 saturated carbocycles. The van der Waals surface area contributed by atoms with Crippen LogP contribution >= 0.6 is 0 Å². The van der Waals surface area contributed by atoms with Crippen molar-refractivity contribution >= 4 is 5.91 Å². The Kier molecular flexibility index (Phi) is 4.47. The highest BCUT2D eigenvalue weighted by atomic mass is 16.5. The third kappa shape index (κ3) is 3.48. The van der Waals surface area contributed by atoms with Crippen LogP contribution in [0.4, 0.5) is 0 Å². The Bertz CT molecular complexity index is 782. The minimum Gasteiger partial charge on any atom is -0.360 e. The Morgan fingerprint density at radius 3 is 2.76 bits per heavy atom. The first kappa shape index (κ1) is 17.7. The van der Waals surface area contributed by atoms with E-state index in [2.05, 4.69) is 36.3 Å². The van der Waals surface area contributed by atoms with Crippen LogP contribution in [0.25, 0.3) is 0 Å². The van der Waals surface area contributed by atoms with Gasteiger partial charge in [-0.15, -0.1) is 0 Å². The van der Waals surface area contributed by atoms with Crippen LogP contribution in [-0.4, -0.2) is 20.8 Å². The van der Waals surface area contributed by atoms with Crippen LogP contribution < -0.4 is 5.32 Å². The van der Waals surface area contributed by atoms with Crippen LogP contribution in [0.15, 0.2) is 10.7 Å². The van der Waals surface area contributed by atoms with E-state index in [0.29, 0.717) is 11.6 Å². The molecule has 1 aliphatic rings. The topological polar surface area (TPSA) is 73.0 Å². The fraction of sp³-hybridized carbons (Fsp3) is 0.632. The molecule has 1 N–H and O–H groups in total. The monoisotopic (exact) mass is 344 g/mol. The van der Waals surface area contributed by atoms with Gasteiger partial charge in [0.2, 0.25) is 0 Å². The van der Waals surface area contributed by atoms with Gasteiger partial charge >= 0.3 is 0 Å². The Hall–Kier alpha value is -2.11. The van der Waals surface area contributed by atoms with Crippen LogP contribution in [0, 0.1) is 18.3 Å². The molecule has 0 bridgehead atoms. The zero-order valence-electron chi connectivity index (χ0n) is 16.0. The highest BCUT2D eigenvalue weighted by Crippen LogP contribution is 2.38. The summed E-state index contributed by atoms with van der Waals surface area (Å²) in [6, 6.07) is -0.129. The lowest BCUT2D eigenvalue weighted by atomic mass is 9.71. The van der Waals surface area contributed by atoms with Gasteiger partial charge in [0.25, 0.3) is 5.91 Å². The Morgan fingerprint density at radius 2 is 2.16 bits per heavy atom. The van der Waals surface area contributed by atoms with Crippen molar-refractivity contribution in [2.75, 3.05) is 0 Å². The summed E-state index contributed by atoms with van der Waals surface area (Å²) in [5.74, 6) is 1.23. The standard InChI is InChI=1S/C19H28N4O2/c1-11(15-10-23(6)21-12(15)2)20-18(24)17-14-9-13(19(3,4)5)7-8-16(14)25-22-17/h10-11,13H,7-9H2,1-6H3,(H,20,24). The maximum atomic E-state index is 12.8. The van der Waals surface area contributed by atoms with E-state index in [4.69, 9.17) is 4.52 Å². The molecule has 25 heavy (non-hydrogen) atoms. The molecule has 2 aromatic rings. The highest BCUT2D eigenvalue weighted by Gasteiger charge is 2.34. The van der Waals surface area contributed by atoms with Gasteiger partial charge < -0.3 is 9.84 Å². The second-order valence-corrected chi connectivity index (χ2v) is 8.28. The van der Waals surface area contributed by atoms with Gasteiger partial charge in [-0.3, -0.25) is 9.48 Å². The first-order valence-corrected chi connectivity index (χ1v) is 8.95. The van der Waals surface area contributed by atoms with E-state index in [1.807, 2.05) is 27.1 Å². The first-order chi connectivity index (χ1) is 11.7. The van der Waals surface area contributed by atoms with Crippen molar-refractivity contribution in [3.8, 4) is 0 Å². The molecular formula is C19H28N4O2. The molecule has 2 unspecified atom stereocenters. The van der Waals surface area contributed by atoms with Gasteiger partial charge in [0.1, 0.15) is 5.76 Å². The SMILES string of the molecule is Cc1nn(C)cc1C(C)NC(=O)c1noc2c1CC(C(C)(C)C)CC2. The number of carbonyl (C=O) groups excluding carboxylic acids is 1. The fourth-order valence-electron chi connectivity index (χ4n) is 3.71. The van der Waals surface area contributed by atoms with E-state index in [1.54, 1.807) is 4.68 Å². The van der Waals surface area contributed by atoms with Crippen molar-refractivity contribution in [2.45, 2.75) is 59.9 Å². The van der Waals surface area contributed by atoms with Crippen molar-refractivity contribution in [1.82, 2.24) is 20.3 Å². The highest BCUT2D eigenvalue weighted by molar-refractivity contribution is 5.94. The van der Waals surface area contributed by atoms with Crippen LogP contribution in [0.2, 0.25) is 0 Å². The molecule has 0 fully saturated rings. The molecule has 1 aliphatic carbocycles. The Balaban J connectivity index is 1.78. The summed E-state index contributed by atoms with van der Waals surface area (Å²) in [4.78, 5) is 12.8. The smallest absolute Gasteiger partial charge is 0.274 e. The summed E-state index contributed by atoms with van der Waals surface area (Å²) in [7, 11) is 1.88. The number of rotatable bonds is 3. The van der Waals surface area contributed by atoms with Crippen LogP contribution in [0.3, 0.4) is 0 Å². The number of hydrogen-bond acceptors (Lipinski definition) is 4. The minimum atomic E-state index is -0.171. The number of fused-ring (bicyclic) bond motifs is 1. The van der Waals surface area contributed by atoms with E-state index < -0.39 is 0 Å². The zero-order chi connectivity index (χ0) is 18.4. The van der Waals surface area contributed by atoms with Gasteiger partial charge in [-0.05, 0) is 38.0 Å². The summed E-state index contributed by atoms with van der Waals surface area (Å²) in [5, 5.41) is 11.5. The van der Waals surface area contributed by atoms with Crippen molar-refractivity contribution in [2.24, 2.45) is 18.4 Å². The number of hydrogen-bond donors (Lipinski definition) is 1. The minimum absolute atomic E-state index is 0.129. The Morgan fingerprint density at radius 1 is 1.44 bits per heavy atom. The maximum absolute atomic E-state index is 12.8. The van der Waals surface area contributed by atoms with Gasteiger partial charge in [0.15, 0.2) is 5.69 Å². The predicted molar refractivity (Wildman–Crippen MR) is 95.3 cm³/mol. The third-order valence-corrected chi connectivity index (χ3v) is 5.35. The molecule has 0 saturated heterocycles.